The van der Waals surface area contributed by atoms with Crippen LogP contribution in [0.25, 0.3) is 0 Å². The molecule has 2 rings (SSSR count). The first-order chi connectivity index (χ1) is 20.2. The maximum absolute atomic E-state index is 13.4. The number of aliphatic carboxylic acids is 3. The quantitative estimate of drug-likeness (QED) is 0.203. The second-order valence-electron chi connectivity index (χ2n) is 15.2. The number of carbonyl (C=O) groups excluding carboxylic acids is 1. The molecule has 5 atom stereocenters. The summed E-state index contributed by atoms with van der Waals surface area (Å²) < 4.78 is 52.5. The number of hydrogen-bond acceptors (Lipinski definition) is 6. The van der Waals surface area contributed by atoms with Gasteiger partial charge in [-0.05, 0) is 117 Å². The highest BCUT2D eigenvalue weighted by Crippen LogP contribution is 2.54. The minimum atomic E-state index is -4.61. The monoisotopic (exact) mass is 644 g/mol. The van der Waals surface area contributed by atoms with E-state index in [-0.39, 0.29) is 25.9 Å². The molecule has 12 heteroatoms. The summed E-state index contributed by atoms with van der Waals surface area (Å²) in [7, 11) is 0. The van der Waals surface area contributed by atoms with Crippen molar-refractivity contribution < 1.29 is 57.1 Å². The molecule has 254 valence electrons. The Kier molecular flexibility index (Phi) is 11.2. The molecule has 1 aromatic rings. The first-order valence-corrected chi connectivity index (χ1v) is 14.9. The smallest absolute Gasteiger partial charge is 0.416 e. The third kappa shape index (κ3) is 9.43. The topological polar surface area (TPSA) is 147 Å². The second kappa shape index (κ2) is 13.3. The van der Waals surface area contributed by atoms with E-state index in [0.717, 1.165) is 12.1 Å². The second-order valence-corrected chi connectivity index (χ2v) is 15.2. The molecule has 0 bridgehead atoms. The van der Waals surface area contributed by atoms with Crippen molar-refractivity contribution in [2.45, 2.75) is 100.0 Å². The van der Waals surface area contributed by atoms with Crippen molar-refractivity contribution in [2.24, 2.45) is 39.4 Å². The molecule has 1 aliphatic heterocycles. The zero-order valence-electron chi connectivity index (χ0n) is 27.4. The third-order valence-electron chi connectivity index (χ3n) is 8.82. The van der Waals surface area contributed by atoms with Crippen molar-refractivity contribution in [3.05, 3.63) is 35.4 Å². The molecule has 1 saturated heterocycles. The molecule has 0 radical (unpaired) electrons. The predicted molar refractivity (Wildman–Crippen MR) is 158 cm³/mol. The Morgan fingerprint density at radius 3 is 1.47 bits per heavy atom. The van der Waals surface area contributed by atoms with Gasteiger partial charge in [-0.2, -0.15) is 13.2 Å². The lowest BCUT2D eigenvalue weighted by Gasteiger charge is -2.51. The van der Waals surface area contributed by atoms with Crippen molar-refractivity contribution in [2.75, 3.05) is 6.61 Å². The van der Waals surface area contributed by atoms with Crippen molar-refractivity contribution in [1.29, 1.82) is 0 Å². The van der Waals surface area contributed by atoms with E-state index in [1.165, 1.54) is 53.7 Å². The fourth-order valence-electron chi connectivity index (χ4n) is 5.81. The lowest BCUT2D eigenvalue weighted by molar-refractivity contribution is -0.199. The van der Waals surface area contributed by atoms with Crippen LogP contribution < -0.4 is 0 Å². The van der Waals surface area contributed by atoms with Gasteiger partial charge in [-0.3, -0.25) is 19.2 Å². The van der Waals surface area contributed by atoms with Crippen LogP contribution in [0.15, 0.2) is 24.3 Å². The minimum Gasteiger partial charge on any atom is -0.481 e. The summed E-state index contributed by atoms with van der Waals surface area (Å²) in [5, 5.41) is 30.2. The van der Waals surface area contributed by atoms with Crippen LogP contribution in [-0.2, 0) is 34.8 Å². The van der Waals surface area contributed by atoms with Crippen LogP contribution in [0.1, 0.15) is 98.8 Å². The molecular formula is C33H47F3O9. The number of esters is 1. The summed E-state index contributed by atoms with van der Waals surface area (Å²) in [6.07, 6.45) is -6.75. The van der Waals surface area contributed by atoms with E-state index in [1.54, 1.807) is 20.8 Å². The number of hydrogen-bond donors (Lipinski definition) is 3. The van der Waals surface area contributed by atoms with E-state index >= 15 is 0 Å². The Labute approximate surface area is 262 Å². The fraction of sp³-hybridized carbons (Fsp3) is 0.697. The van der Waals surface area contributed by atoms with Crippen LogP contribution in [0.5, 0.6) is 0 Å². The molecule has 0 saturated carbocycles. The van der Waals surface area contributed by atoms with Crippen molar-refractivity contribution in [3.8, 4) is 0 Å². The average molecular weight is 645 g/mol. The zero-order valence-corrected chi connectivity index (χ0v) is 27.4. The number of carbonyl (C=O) groups is 4. The summed E-state index contributed by atoms with van der Waals surface area (Å²) in [5.41, 5.74) is -5.57. The van der Waals surface area contributed by atoms with Gasteiger partial charge in [0.1, 0.15) is 6.61 Å². The van der Waals surface area contributed by atoms with Gasteiger partial charge >= 0.3 is 30.1 Å². The first-order valence-electron chi connectivity index (χ1n) is 14.9. The summed E-state index contributed by atoms with van der Waals surface area (Å²) in [5.74, 6) is -6.18. The summed E-state index contributed by atoms with van der Waals surface area (Å²) in [4.78, 5) is 49.8. The number of ether oxygens (including phenoxy) is 2. The van der Waals surface area contributed by atoms with E-state index in [9.17, 15) is 47.7 Å². The number of carboxylic acids is 3. The molecule has 1 fully saturated rings. The maximum atomic E-state index is 13.4. The Morgan fingerprint density at radius 2 is 1.09 bits per heavy atom. The van der Waals surface area contributed by atoms with Crippen molar-refractivity contribution in [3.63, 3.8) is 0 Å². The molecule has 0 amide bonds. The molecule has 0 spiro atoms. The maximum Gasteiger partial charge on any atom is 0.416 e. The Hall–Kier alpha value is -3.15. The molecule has 1 aromatic carbocycles. The SMILES string of the molecule is CC(C)(C)C(=O)OC[C@@H]1O[C@H](c2ccc(C(F)(F)F)cc2)[C@@H](CC(C)(C)C(=O)O)[C@@H](CC(C)(C)C(=O)O)[C@H]1CC(C)(C)C(=O)O. The minimum absolute atomic E-state index is 0.0344. The standard InChI is InChI=1S/C33H47F3O9/c1-29(2,3)28(43)44-17-23-21(15-31(6,7)26(39)40)20(14-30(4,5)25(37)38)22(16-32(8,9)27(41)42)24(45-23)18-10-12-19(13-11-18)33(34,35)36/h10-13,20-24H,14-17H2,1-9H3,(H,37,38)(H,39,40)(H,41,42)/t20-,21+,22-,23-,24+/m0/s1. The first kappa shape index (κ1) is 38.0. The van der Waals surface area contributed by atoms with Crippen molar-refractivity contribution >= 4 is 23.9 Å². The largest absolute Gasteiger partial charge is 0.481 e. The number of carboxylic acid groups (broad SMARTS) is 3. The lowest BCUT2D eigenvalue weighted by atomic mass is 9.60. The Morgan fingerprint density at radius 1 is 0.689 bits per heavy atom. The zero-order chi connectivity index (χ0) is 34.9. The lowest BCUT2D eigenvalue weighted by Crippen LogP contribution is -2.51. The van der Waals surface area contributed by atoms with Gasteiger partial charge in [0.05, 0.1) is 39.4 Å². The predicted octanol–water partition coefficient (Wildman–Crippen LogP) is 7.09. The number of halogens is 3. The van der Waals surface area contributed by atoms with Gasteiger partial charge in [-0.1, -0.05) is 12.1 Å². The molecular weight excluding hydrogens is 597 g/mol. The summed E-state index contributed by atoms with van der Waals surface area (Å²) in [6, 6.07) is 4.27. The van der Waals surface area contributed by atoms with E-state index in [1.807, 2.05) is 0 Å². The molecule has 0 unspecified atom stereocenters. The van der Waals surface area contributed by atoms with Crippen LogP contribution in [0, 0.1) is 39.4 Å². The Balaban J connectivity index is 2.85. The van der Waals surface area contributed by atoms with Gasteiger partial charge in [0, 0.05) is 0 Å². The highest BCUT2D eigenvalue weighted by Gasteiger charge is 2.53. The van der Waals surface area contributed by atoms with Crippen molar-refractivity contribution in [1.82, 2.24) is 0 Å². The highest BCUT2D eigenvalue weighted by atomic mass is 19.4. The molecule has 0 aliphatic carbocycles. The van der Waals surface area contributed by atoms with Gasteiger partial charge in [0.15, 0.2) is 0 Å². The molecule has 1 heterocycles. The van der Waals surface area contributed by atoms with Gasteiger partial charge in [-0.15, -0.1) is 0 Å². The fourth-order valence-corrected chi connectivity index (χ4v) is 5.81. The molecule has 9 nitrogen and oxygen atoms in total. The number of rotatable bonds is 12. The van der Waals surface area contributed by atoms with Gasteiger partial charge in [0.25, 0.3) is 0 Å². The number of alkyl halides is 3. The molecule has 45 heavy (non-hydrogen) atoms. The van der Waals surface area contributed by atoms with Crippen LogP contribution in [-0.4, -0.2) is 51.9 Å². The average Bonchev–Trinajstić information content (AvgIpc) is 2.88. The number of benzene rings is 1. The van der Waals surface area contributed by atoms with Gasteiger partial charge in [0.2, 0.25) is 0 Å². The summed E-state index contributed by atoms with van der Waals surface area (Å²) in [6.45, 7) is 13.6. The van der Waals surface area contributed by atoms with E-state index in [4.69, 9.17) is 9.47 Å². The highest BCUT2D eigenvalue weighted by molar-refractivity contribution is 5.76. The molecule has 3 N–H and O–H groups in total. The van der Waals surface area contributed by atoms with Gasteiger partial charge < -0.3 is 24.8 Å². The van der Waals surface area contributed by atoms with Gasteiger partial charge in [-0.25, -0.2) is 0 Å². The molecule has 1 aliphatic rings. The third-order valence-corrected chi connectivity index (χ3v) is 8.82. The van der Waals surface area contributed by atoms with Crippen LogP contribution in [0.4, 0.5) is 13.2 Å². The van der Waals surface area contributed by atoms with E-state index < -0.39 is 87.2 Å². The molecule has 0 aromatic heterocycles. The van der Waals surface area contributed by atoms with Crippen LogP contribution in [0.2, 0.25) is 0 Å². The normalized spacial score (nSPS) is 23.3. The Bertz CT molecular complexity index is 1240. The van der Waals surface area contributed by atoms with Crippen LogP contribution in [0.3, 0.4) is 0 Å². The van der Waals surface area contributed by atoms with E-state index in [0.29, 0.717) is 5.56 Å². The summed E-state index contributed by atoms with van der Waals surface area (Å²) >= 11 is 0. The van der Waals surface area contributed by atoms with E-state index in [2.05, 4.69) is 0 Å². The van der Waals surface area contributed by atoms with Crippen LogP contribution >= 0.6 is 0 Å².